The Morgan fingerprint density at radius 2 is 2.10 bits per heavy atom. The molecule has 2 atom stereocenters. The van der Waals surface area contributed by atoms with Crippen LogP contribution < -0.4 is 10.1 Å². The fraction of sp³-hybridized carbons (Fsp3) is 0.625. The Balaban J connectivity index is 1.87. The van der Waals surface area contributed by atoms with Gasteiger partial charge in [-0.1, -0.05) is 6.07 Å². The molecular weight excluding hydrogens is 316 g/mol. The van der Waals surface area contributed by atoms with Crippen molar-refractivity contribution in [3.8, 4) is 5.75 Å². The molecule has 2 unspecified atom stereocenters. The van der Waals surface area contributed by atoms with Crippen LogP contribution in [0.2, 0.25) is 0 Å². The van der Waals surface area contributed by atoms with Crippen molar-refractivity contribution >= 4 is 15.9 Å². The van der Waals surface area contributed by atoms with Gasteiger partial charge in [0.25, 0.3) is 0 Å². The molecule has 2 rings (SSSR count). The van der Waals surface area contributed by atoms with Gasteiger partial charge in [-0.3, -0.25) is 4.90 Å². The van der Waals surface area contributed by atoms with Crippen molar-refractivity contribution in [1.82, 2.24) is 10.2 Å². The summed E-state index contributed by atoms with van der Waals surface area (Å²) < 4.78 is 6.28. The fourth-order valence-electron chi connectivity index (χ4n) is 2.40. The molecule has 0 heterocycles. The zero-order chi connectivity index (χ0) is 14.7. The second-order valence-corrected chi connectivity index (χ2v) is 6.62. The van der Waals surface area contributed by atoms with Crippen LogP contribution in [0, 0.1) is 0 Å². The van der Waals surface area contributed by atoms with Gasteiger partial charge in [0.05, 0.1) is 11.6 Å². The Hall–Kier alpha value is -0.580. The summed E-state index contributed by atoms with van der Waals surface area (Å²) in [4.78, 5) is 2.49. The first-order valence-corrected chi connectivity index (χ1v) is 8.11. The molecule has 0 bridgehead atoms. The summed E-state index contributed by atoms with van der Waals surface area (Å²) >= 11 is 3.55. The van der Waals surface area contributed by atoms with E-state index in [9.17, 15) is 0 Å². The highest BCUT2D eigenvalue weighted by molar-refractivity contribution is 9.10. The van der Waals surface area contributed by atoms with Crippen LogP contribution in [0.5, 0.6) is 5.75 Å². The quantitative estimate of drug-likeness (QED) is 0.820. The number of rotatable bonds is 7. The van der Waals surface area contributed by atoms with E-state index in [1.165, 1.54) is 18.4 Å². The number of halogens is 1. The van der Waals surface area contributed by atoms with E-state index < -0.39 is 0 Å². The topological polar surface area (TPSA) is 24.5 Å². The Bertz CT molecular complexity index is 448. The van der Waals surface area contributed by atoms with Crippen LogP contribution in [-0.2, 0) is 0 Å². The Morgan fingerprint density at radius 1 is 1.40 bits per heavy atom. The molecule has 1 aliphatic carbocycles. The lowest BCUT2D eigenvalue weighted by molar-refractivity contribution is 0.237. The summed E-state index contributed by atoms with van der Waals surface area (Å²) in [5.74, 6) is 0.878. The molecule has 0 aliphatic heterocycles. The van der Waals surface area contributed by atoms with Crippen LogP contribution in [0.15, 0.2) is 22.7 Å². The van der Waals surface area contributed by atoms with Gasteiger partial charge >= 0.3 is 0 Å². The number of hydrogen-bond acceptors (Lipinski definition) is 3. The number of methoxy groups -OCH3 is 1. The SMILES string of the molecule is COc1ccc(C(C)NCC(C)N(C)C2CC2)cc1Br. The number of likely N-dealkylation sites (N-methyl/N-ethyl adjacent to an activating group) is 1. The highest BCUT2D eigenvalue weighted by Crippen LogP contribution is 2.29. The third-order valence-electron chi connectivity index (χ3n) is 4.21. The van der Waals surface area contributed by atoms with Gasteiger partial charge in [-0.2, -0.15) is 0 Å². The first kappa shape index (κ1) is 15.8. The summed E-state index contributed by atoms with van der Waals surface area (Å²) in [6.07, 6.45) is 2.73. The maximum atomic E-state index is 5.27. The summed E-state index contributed by atoms with van der Waals surface area (Å²) in [6, 6.07) is 8.00. The van der Waals surface area contributed by atoms with Crippen LogP contribution in [0.25, 0.3) is 0 Å². The van der Waals surface area contributed by atoms with Crippen molar-refractivity contribution < 1.29 is 4.74 Å². The van der Waals surface area contributed by atoms with Crippen molar-refractivity contribution in [2.75, 3.05) is 20.7 Å². The van der Waals surface area contributed by atoms with E-state index in [0.29, 0.717) is 12.1 Å². The minimum atomic E-state index is 0.340. The molecule has 0 aromatic heterocycles. The number of benzene rings is 1. The average Bonchev–Trinajstić information content (AvgIpc) is 3.27. The normalized spacial score (nSPS) is 18.1. The van der Waals surface area contributed by atoms with E-state index >= 15 is 0 Å². The van der Waals surface area contributed by atoms with Crippen molar-refractivity contribution in [3.05, 3.63) is 28.2 Å². The molecule has 1 aromatic carbocycles. The van der Waals surface area contributed by atoms with Crippen LogP contribution in [0.3, 0.4) is 0 Å². The molecular formula is C16H25BrN2O. The predicted molar refractivity (Wildman–Crippen MR) is 87.4 cm³/mol. The average molecular weight is 341 g/mol. The monoisotopic (exact) mass is 340 g/mol. The molecule has 0 amide bonds. The first-order chi connectivity index (χ1) is 9.52. The minimum Gasteiger partial charge on any atom is -0.496 e. The van der Waals surface area contributed by atoms with Gasteiger partial charge in [-0.25, -0.2) is 0 Å². The van der Waals surface area contributed by atoms with Gasteiger partial charge in [-0.05, 0) is 67.4 Å². The van der Waals surface area contributed by atoms with Crippen LogP contribution in [0.1, 0.15) is 38.3 Å². The van der Waals surface area contributed by atoms with E-state index in [-0.39, 0.29) is 0 Å². The lowest BCUT2D eigenvalue weighted by Gasteiger charge is -2.26. The molecule has 4 heteroatoms. The third kappa shape index (κ3) is 3.96. The molecule has 0 spiro atoms. The number of ether oxygens (including phenoxy) is 1. The highest BCUT2D eigenvalue weighted by atomic mass is 79.9. The standard InChI is InChI=1S/C16H25BrN2O/c1-11(19(3)14-6-7-14)10-18-12(2)13-5-8-16(20-4)15(17)9-13/h5,8-9,11-12,14,18H,6-7,10H2,1-4H3. The van der Waals surface area contributed by atoms with E-state index in [0.717, 1.165) is 22.8 Å². The van der Waals surface area contributed by atoms with Crippen molar-refractivity contribution in [3.63, 3.8) is 0 Å². The van der Waals surface area contributed by atoms with Crippen LogP contribution >= 0.6 is 15.9 Å². The zero-order valence-corrected chi connectivity index (χ0v) is 14.4. The Morgan fingerprint density at radius 3 is 2.65 bits per heavy atom. The number of hydrogen-bond donors (Lipinski definition) is 1. The fourth-order valence-corrected chi connectivity index (χ4v) is 2.96. The lowest BCUT2D eigenvalue weighted by atomic mass is 10.1. The smallest absolute Gasteiger partial charge is 0.133 e. The summed E-state index contributed by atoms with van der Waals surface area (Å²) in [5.41, 5.74) is 1.28. The number of nitrogens with one attached hydrogen (secondary N) is 1. The predicted octanol–water partition coefficient (Wildman–Crippen LogP) is 3.59. The molecule has 112 valence electrons. The molecule has 20 heavy (non-hydrogen) atoms. The van der Waals surface area contributed by atoms with E-state index in [2.05, 4.69) is 59.2 Å². The molecule has 0 radical (unpaired) electrons. The molecule has 1 N–H and O–H groups in total. The summed E-state index contributed by atoms with van der Waals surface area (Å²) in [6.45, 7) is 5.51. The van der Waals surface area contributed by atoms with Gasteiger partial charge < -0.3 is 10.1 Å². The largest absolute Gasteiger partial charge is 0.496 e. The first-order valence-electron chi connectivity index (χ1n) is 7.31. The minimum absolute atomic E-state index is 0.340. The molecule has 1 fully saturated rings. The van der Waals surface area contributed by atoms with E-state index in [1.807, 2.05) is 6.07 Å². The van der Waals surface area contributed by atoms with E-state index in [1.54, 1.807) is 7.11 Å². The van der Waals surface area contributed by atoms with Gasteiger partial charge in [-0.15, -0.1) is 0 Å². The molecule has 0 saturated heterocycles. The van der Waals surface area contributed by atoms with Crippen molar-refractivity contribution in [1.29, 1.82) is 0 Å². The van der Waals surface area contributed by atoms with Crippen molar-refractivity contribution in [2.45, 2.75) is 44.8 Å². The molecule has 1 saturated carbocycles. The molecule has 3 nitrogen and oxygen atoms in total. The summed E-state index contributed by atoms with van der Waals surface area (Å²) in [7, 11) is 3.93. The Labute approximate surface area is 130 Å². The maximum Gasteiger partial charge on any atom is 0.133 e. The second-order valence-electron chi connectivity index (χ2n) is 5.77. The zero-order valence-electron chi connectivity index (χ0n) is 12.8. The maximum absolute atomic E-state index is 5.27. The second kappa shape index (κ2) is 6.92. The molecule has 1 aromatic rings. The van der Waals surface area contributed by atoms with E-state index in [4.69, 9.17) is 4.74 Å². The van der Waals surface area contributed by atoms with Crippen LogP contribution in [-0.4, -0.2) is 37.7 Å². The summed E-state index contributed by atoms with van der Waals surface area (Å²) in [5, 5.41) is 3.62. The Kier molecular flexibility index (Phi) is 5.47. The van der Waals surface area contributed by atoms with Gasteiger partial charge in [0.15, 0.2) is 0 Å². The van der Waals surface area contributed by atoms with Gasteiger partial charge in [0.2, 0.25) is 0 Å². The highest BCUT2D eigenvalue weighted by Gasteiger charge is 2.29. The molecule has 1 aliphatic rings. The number of nitrogens with zero attached hydrogens (tertiary/aromatic N) is 1. The van der Waals surface area contributed by atoms with Crippen LogP contribution in [0.4, 0.5) is 0 Å². The third-order valence-corrected chi connectivity index (χ3v) is 4.83. The van der Waals surface area contributed by atoms with Crippen molar-refractivity contribution in [2.24, 2.45) is 0 Å². The van der Waals surface area contributed by atoms with Gasteiger partial charge in [0, 0.05) is 24.7 Å². The van der Waals surface area contributed by atoms with Gasteiger partial charge in [0.1, 0.15) is 5.75 Å². The lowest BCUT2D eigenvalue weighted by Crippen LogP contribution is -2.39.